The number of hydrogen-bond donors (Lipinski definition) is 2. The zero-order chi connectivity index (χ0) is 9.42. The summed E-state index contributed by atoms with van der Waals surface area (Å²) in [6.07, 6.45) is 0. The minimum Gasteiger partial charge on any atom is -0.371 e. The zero-order valence-corrected chi connectivity index (χ0v) is 8.39. The second-order valence-corrected chi connectivity index (χ2v) is 3.67. The van der Waals surface area contributed by atoms with Gasteiger partial charge in [0.15, 0.2) is 5.82 Å². The third-order valence-electron chi connectivity index (χ3n) is 2.44. The van der Waals surface area contributed by atoms with Crippen LogP contribution in [-0.4, -0.2) is 16.8 Å². The number of hydrogen-bond acceptors (Lipinski definition) is 3. The van der Waals surface area contributed by atoms with E-state index in [9.17, 15) is 0 Å². The Morgan fingerprint density at radius 3 is 2.85 bits per heavy atom. The fourth-order valence-corrected chi connectivity index (χ4v) is 1.81. The van der Waals surface area contributed by atoms with E-state index in [1.807, 2.05) is 7.05 Å². The third-order valence-corrected chi connectivity index (χ3v) is 2.44. The predicted molar refractivity (Wildman–Crippen MR) is 52.7 cm³/mol. The van der Waals surface area contributed by atoms with E-state index < -0.39 is 0 Å². The van der Waals surface area contributed by atoms with Gasteiger partial charge in [-0.3, -0.25) is 4.68 Å². The van der Waals surface area contributed by atoms with E-state index in [-0.39, 0.29) is 0 Å². The molecule has 13 heavy (non-hydrogen) atoms. The van der Waals surface area contributed by atoms with Gasteiger partial charge in [0.25, 0.3) is 0 Å². The average molecular weight is 180 g/mol. The van der Waals surface area contributed by atoms with Crippen molar-refractivity contribution in [2.45, 2.75) is 33.0 Å². The molecule has 4 heteroatoms. The lowest BCUT2D eigenvalue weighted by atomic mass is 10.2. The van der Waals surface area contributed by atoms with Gasteiger partial charge < -0.3 is 10.6 Å². The summed E-state index contributed by atoms with van der Waals surface area (Å²) >= 11 is 0. The molecule has 4 nitrogen and oxygen atoms in total. The summed E-state index contributed by atoms with van der Waals surface area (Å²) in [5.41, 5.74) is 2.66. The highest BCUT2D eigenvalue weighted by Gasteiger charge is 2.22. The Morgan fingerprint density at radius 2 is 2.23 bits per heavy atom. The Balaban J connectivity index is 2.48. The van der Waals surface area contributed by atoms with Crippen LogP contribution in [0.25, 0.3) is 0 Å². The molecule has 0 amide bonds. The number of nitrogens with zero attached hydrogens (tertiary/aromatic N) is 2. The molecule has 0 unspecified atom stereocenters. The Hall–Kier alpha value is -1.03. The number of aromatic nitrogens is 2. The topological polar surface area (TPSA) is 41.9 Å². The van der Waals surface area contributed by atoms with E-state index in [0.29, 0.717) is 6.04 Å². The lowest BCUT2D eigenvalue weighted by Gasteiger charge is -2.08. The molecule has 0 bridgehead atoms. The van der Waals surface area contributed by atoms with Crippen LogP contribution >= 0.6 is 0 Å². The SMILES string of the molecule is CNc1nn(C(C)C)c2c1CNC2. The smallest absolute Gasteiger partial charge is 0.152 e. The van der Waals surface area contributed by atoms with Crippen molar-refractivity contribution in [2.24, 2.45) is 0 Å². The highest BCUT2D eigenvalue weighted by Crippen LogP contribution is 2.25. The van der Waals surface area contributed by atoms with Gasteiger partial charge in [-0.2, -0.15) is 5.10 Å². The molecule has 0 aromatic carbocycles. The summed E-state index contributed by atoms with van der Waals surface area (Å²) in [5.74, 6) is 1.02. The summed E-state index contributed by atoms with van der Waals surface area (Å²) in [6.45, 7) is 6.20. The van der Waals surface area contributed by atoms with Crippen LogP contribution in [0.3, 0.4) is 0 Å². The fourth-order valence-electron chi connectivity index (χ4n) is 1.81. The highest BCUT2D eigenvalue weighted by atomic mass is 15.3. The van der Waals surface area contributed by atoms with Crippen LogP contribution in [0.5, 0.6) is 0 Å². The van der Waals surface area contributed by atoms with Gasteiger partial charge >= 0.3 is 0 Å². The molecule has 2 heterocycles. The van der Waals surface area contributed by atoms with Gasteiger partial charge in [0.05, 0.1) is 5.69 Å². The van der Waals surface area contributed by atoms with Gasteiger partial charge in [0.1, 0.15) is 0 Å². The second kappa shape index (κ2) is 3.03. The van der Waals surface area contributed by atoms with Crippen molar-refractivity contribution in [1.82, 2.24) is 15.1 Å². The Bertz CT molecular complexity index is 314. The van der Waals surface area contributed by atoms with Crippen LogP contribution < -0.4 is 10.6 Å². The molecule has 0 saturated heterocycles. The molecule has 0 aliphatic carbocycles. The molecular weight excluding hydrogens is 164 g/mol. The second-order valence-electron chi connectivity index (χ2n) is 3.67. The van der Waals surface area contributed by atoms with Crippen LogP contribution in [0.1, 0.15) is 31.1 Å². The van der Waals surface area contributed by atoms with E-state index in [0.717, 1.165) is 18.9 Å². The maximum atomic E-state index is 4.52. The highest BCUT2D eigenvalue weighted by molar-refractivity contribution is 5.48. The van der Waals surface area contributed by atoms with Crippen LogP contribution in [-0.2, 0) is 13.1 Å². The summed E-state index contributed by atoms with van der Waals surface area (Å²) in [6, 6.07) is 0.441. The van der Waals surface area contributed by atoms with Crippen molar-refractivity contribution >= 4 is 5.82 Å². The molecule has 2 N–H and O–H groups in total. The minimum atomic E-state index is 0.441. The van der Waals surface area contributed by atoms with Crippen molar-refractivity contribution in [1.29, 1.82) is 0 Å². The number of anilines is 1. The zero-order valence-electron chi connectivity index (χ0n) is 8.39. The standard InChI is InChI=1S/C9H16N4/c1-6(2)13-8-5-11-4-7(8)9(10-3)12-13/h6,11H,4-5H2,1-3H3,(H,10,12). The van der Waals surface area contributed by atoms with Crippen molar-refractivity contribution < 1.29 is 0 Å². The quantitative estimate of drug-likeness (QED) is 0.716. The minimum absolute atomic E-state index is 0.441. The van der Waals surface area contributed by atoms with Gasteiger partial charge in [-0.05, 0) is 13.8 Å². The molecule has 0 spiro atoms. The maximum absolute atomic E-state index is 4.52. The summed E-state index contributed by atoms with van der Waals surface area (Å²) < 4.78 is 2.10. The molecule has 2 rings (SSSR count). The summed E-state index contributed by atoms with van der Waals surface area (Å²) in [4.78, 5) is 0. The molecule has 1 aromatic heterocycles. The summed E-state index contributed by atoms with van der Waals surface area (Å²) in [5, 5.41) is 11.0. The molecule has 0 fully saturated rings. The lowest BCUT2D eigenvalue weighted by Crippen LogP contribution is -2.11. The Morgan fingerprint density at radius 1 is 1.46 bits per heavy atom. The molecule has 72 valence electrons. The first kappa shape index (κ1) is 8.56. The van der Waals surface area contributed by atoms with Crippen LogP contribution in [0.4, 0.5) is 5.82 Å². The Kier molecular flexibility index (Phi) is 2.00. The van der Waals surface area contributed by atoms with Gasteiger partial charge in [-0.1, -0.05) is 0 Å². The van der Waals surface area contributed by atoms with Gasteiger partial charge in [-0.25, -0.2) is 0 Å². The van der Waals surface area contributed by atoms with Crippen molar-refractivity contribution in [3.63, 3.8) is 0 Å². The van der Waals surface area contributed by atoms with E-state index in [2.05, 4.69) is 34.3 Å². The number of nitrogens with one attached hydrogen (secondary N) is 2. The molecule has 1 aliphatic heterocycles. The molecule has 0 atom stereocenters. The van der Waals surface area contributed by atoms with Gasteiger partial charge in [0, 0.05) is 31.7 Å². The van der Waals surface area contributed by atoms with E-state index in [1.54, 1.807) is 0 Å². The van der Waals surface area contributed by atoms with Crippen LogP contribution in [0, 0.1) is 0 Å². The van der Waals surface area contributed by atoms with Gasteiger partial charge in [0.2, 0.25) is 0 Å². The molecular formula is C9H16N4. The number of rotatable bonds is 2. The van der Waals surface area contributed by atoms with E-state index in [4.69, 9.17) is 0 Å². The first-order valence-corrected chi connectivity index (χ1v) is 4.72. The average Bonchev–Trinajstić information content (AvgIpc) is 2.61. The normalized spacial score (nSPS) is 15.1. The van der Waals surface area contributed by atoms with Crippen LogP contribution in [0.2, 0.25) is 0 Å². The molecule has 1 aliphatic rings. The molecule has 0 saturated carbocycles. The van der Waals surface area contributed by atoms with Crippen LogP contribution in [0.15, 0.2) is 0 Å². The maximum Gasteiger partial charge on any atom is 0.152 e. The monoisotopic (exact) mass is 180 g/mol. The third kappa shape index (κ3) is 1.21. The molecule has 0 radical (unpaired) electrons. The summed E-state index contributed by atoms with van der Waals surface area (Å²) in [7, 11) is 1.92. The first-order chi connectivity index (χ1) is 6.24. The van der Waals surface area contributed by atoms with Crippen molar-refractivity contribution in [2.75, 3.05) is 12.4 Å². The molecule has 1 aromatic rings. The largest absolute Gasteiger partial charge is 0.371 e. The lowest BCUT2D eigenvalue weighted by molar-refractivity contribution is 0.506. The van der Waals surface area contributed by atoms with Crippen molar-refractivity contribution in [3.05, 3.63) is 11.3 Å². The van der Waals surface area contributed by atoms with Crippen molar-refractivity contribution in [3.8, 4) is 0 Å². The predicted octanol–water partition coefficient (Wildman–Crippen LogP) is 1.11. The Labute approximate surface area is 78.3 Å². The number of fused-ring (bicyclic) bond motifs is 1. The van der Waals surface area contributed by atoms with E-state index >= 15 is 0 Å². The van der Waals surface area contributed by atoms with Gasteiger partial charge in [-0.15, -0.1) is 0 Å². The van der Waals surface area contributed by atoms with E-state index in [1.165, 1.54) is 11.3 Å². The first-order valence-electron chi connectivity index (χ1n) is 4.72. The fraction of sp³-hybridized carbons (Fsp3) is 0.667.